The summed E-state index contributed by atoms with van der Waals surface area (Å²) >= 11 is 0. The van der Waals surface area contributed by atoms with E-state index < -0.39 is 0 Å². The van der Waals surface area contributed by atoms with E-state index in [4.69, 9.17) is 9.94 Å². The Kier molecular flexibility index (Phi) is 4.55. The molecule has 0 saturated carbocycles. The van der Waals surface area contributed by atoms with Gasteiger partial charge in [0.05, 0.1) is 12.3 Å². The Labute approximate surface area is 112 Å². The summed E-state index contributed by atoms with van der Waals surface area (Å²) in [4.78, 5) is 0. The molecule has 100 valence electrons. The molecule has 0 aliphatic carbocycles. The molecule has 0 saturated heterocycles. The van der Waals surface area contributed by atoms with E-state index in [1.54, 1.807) is 6.20 Å². The Hall–Kier alpha value is -2.30. The van der Waals surface area contributed by atoms with Crippen molar-refractivity contribution >= 4 is 5.71 Å². The number of oxime groups is 1. The monoisotopic (exact) mass is 259 g/mol. The lowest BCUT2D eigenvalue weighted by Gasteiger charge is -2.11. The molecule has 1 aromatic heterocycles. The van der Waals surface area contributed by atoms with Crippen LogP contribution in [0.1, 0.15) is 18.9 Å². The molecule has 0 aliphatic heterocycles. The quantitative estimate of drug-likeness (QED) is 0.492. The topological polar surface area (TPSA) is 59.6 Å². The fourth-order valence-electron chi connectivity index (χ4n) is 1.83. The highest BCUT2D eigenvalue weighted by Gasteiger charge is 2.08. The molecule has 2 aromatic rings. The first-order valence-electron chi connectivity index (χ1n) is 6.25. The Morgan fingerprint density at radius 1 is 1.37 bits per heavy atom. The first-order valence-corrected chi connectivity index (χ1v) is 6.25. The van der Waals surface area contributed by atoms with E-state index in [0.29, 0.717) is 25.3 Å². The normalized spacial score (nSPS) is 11.5. The summed E-state index contributed by atoms with van der Waals surface area (Å²) < 4.78 is 7.55. The summed E-state index contributed by atoms with van der Waals surface area (Å²) in [5.41, 5.74) is 1.45. The molecule has 0 radical (unpaired) electrons. The fraction of sp³-hybridized carbons (Fsp3) is 0.286. The number of aromatic nitrogens is 2. The molecular formula is C14H17N3O2. The first kappa shape index (κ1) is 13.1. The van der Waals surface area contributed by atoms with E-state index in [0.717, 1.165) is 11.3 Å². The van der Waals surface area contributed by atoms with E-state index in [1.165, 1.54) is 0 Å². The molecule has 0 aliphatic rings. The van der Waals surface area contributed by atoms with Gasteiger partial charge < -0.3 is 9.94 Å². The Morgan fingerprint density at radius 2 is 2.21 bits per heavy atom. The second-order valence-electron chi connectivity index (χ2n) is 4.01. The lowest BCUT2D eigenvalue weighted by molar-refractivity contribution is 0.289. The molecule has 2 rings (SSSR count). The van der Waals surface area contributed by atoms with Gasteiger partial charge in [-0.1, -0.05) is 24.2 Å². The fourth-order valence-corrected chi connectivity index (χ4v) is 1.83. The van der Waals surface area contributed by atoms with Gasteiger partial charge in [0.15, 0.2) is 0 Å². The third-order valence-corrected chi connectivity index (χ3v) is 2.79. The highest BCUT2D eigenvalue weighted by Crippen LogP contribution is 2.20. The first-order chi connectivity index (χ1) is 9.35. The summed E-state index contributed by atoms with van der Waals surface area (Å²) in [5.74, 6) is 0.726. The minimum Gasteiger partial charge on any atom is -0.491 e. The third kappa shape index (κ3) is 3.34. The molecule has 19 heavy (non-hydrogen) atoms. The highest BCUT2D eigenvalue weighted by molar-refractivity contribution is 6.02. The van der Waals surface area contributed by atoms with Crippen LogP contribution in [0.25, 0.3) is 0 Å². The van der Waals surface area contributed by atoms with Crippen LogP contribution in [0, 0.1) is 0 Å². The number of para-hydroxylation sites is 1. The summed E-state index contributed by atoms with van der Waals surface area (Å²) in [6, 6.07) is 9.44. The Morgan fingerprint density at radius 3 is 2.89 bits per heavy atom. The van der Waals surface area contributed by atoms with Crippen molar-refractivity contribution in [3.8, 4) is 5.75 Å². The van der Waals surface area contributed by atoms with E-state index >= 15 is 0 Å². The van der Waals surface area contributed by atoms with Crippen LogP contribution < -0.4 is 4.74 Å². The molecular weight excluding hydrogens is 242 g/mol. The van der Waals surface area contributed by atoms with Gasteiger partial charge in [0.25, 0.3) is 0 Å². The van der Waals surface area contributed by atoms with Crippen LogP contribution in [0.4, 0.5) is 0 Å². The molecule has 0 atom stereocenters. The van der Waals surface area contributed by atoms with Crippen LogP contribution in [0.5, 0.6) is 5.75 Å². The molecule has 5 heteroatoms. The molecule has 0 spiro atoms. The van der Waals surface area contributed by atoms with Crippen molar-refractivity contribution in [1.29, 1.82) is 0 Å². The predicted octanol–water partition coefficient (Wildman–Crippen LogP) is 2.55. The molecule has 1 aromatic carbocycles. The van der Waals surface area contributed by atoms with Gasteiger partial charge in [-0.15, -0.1) is 0 Å². The zero-order valence-electron chi connectivity index (χ0n) is 10.9. The molecule has 0 fully saturated rings. The summed E-state index contributed by atoms with van der Waals surface area (Å²) in [6.45, 7) is 3.13. The number of nitrogens with zero attached hydrogens (tertiary/aromatic N) is 3. The van der Waals surface area contributed by atoms with Gasteiger partial charge in [-0.25, -0.2) is 0 Å². The van der Waals surface area contributed by atoms with Gasteiger partial charge in [-0.05, 0) is 24.6 Å². The van der Waals surface area contributed by atoms with Gasteiger partial charge in [-0.3, -0.25) is 4.68 Å². The second kappa shape index (κ2) is 6.58. The Bertz CT molecular complexity index is 535. The number of rotatable bonds is 6. The maximum absolute atomic E-state index is 9.00. The van der Waals surface area contributed by atoms with Crippen LogP contribution in [0.15, 0.2) is 47.9 Å². The van der Waals surface area contributed by atoms with Crippen molar-refractivity contribution in [1.82, 2.24) is 9.78 Å². The maximum atomic E-state index is 9.00. The van der Waals surface area contributed by atoms with Crippen LogP contribution in [0.2, 0.25) is 0 Å². The summed E-state index contributed by atoms with van der Waals surface area (Å²) in [7, 11) is 0. The number of benzene rings is 1. The number of hydrogen-bond acceptors (Lipinski definition) is 4. The molecule has 1 heterocycles. The molecule has 5 nitrogen and oxygen atoms in total. The zero-order valence-corrected chi connectivity index (χ0v) is 10.9. The van der Waals surface area contributed by atoms with Crippen molar-refractivity contribution in [3.63, 3.8) is 0 Å². The molecule has 1 N–H and O–H groups in total. The van der Waals surface area contributed by atoms with E-state index in [-0.39, 0.29) is 0 Å². The Balaban J connectivity index is 2.03. The SMILES string of the molecule is CCC(=NO)c1ccccc1OCCn1cccn1. The van der Waals surface area contributed by atoms with Crippen molar-refractivity contribution in [2.24, 2.45) is 5.16 Å². The van der Waals surface area contributed by atoms with E-state index in [1.807, 2.05) is 48.1 Å². The van der Waals surface area contributed by atoms with Crippen molar-refractivity contribution in [3.05, 3.63) is 48.3 Å². The standard InChI is InChI=1S/C14H17N3O2/c1-2-13(16-18)12-6-3-4-7-14(12)19-11-10-17-9-5-8-15-17/h3-9,18H,2,10-11H2,1H3. The van der Waals surface area contributed by atoms with Gasteiger partial charge in [0, 0.05) is 18.0 Å². The third-order valence-electron chi connectivity index (χ3n) is 2.79. The lowest BCUT2D eigenvalue weighted by atomic mass is 10.1. The highest BCUT2D eigenvalue weighted by atomic mass is 16.5. The summed E-state index contributed by atoms with van der Waals surface area (Å²) in [6.07, 6.45) is 4.28. The average molecular weight is 259 g/mol. The van der Waals surface area contributed by atoms with Gasteiger partial charge in [0.2, 0.25) is 0 Å². The van der Waals surface area contributed by atoms with Gasteiger partial charge >= 0.3 is 0 Å². The smallest absolute Gasteiger partial charge is 0.128 e. The minimum atomic E-state index is 0.515. The largest absolute Gasteiger partial charge is 0.491 e. The van der Waals surface area contributed by atoms with Crippen molar-refractivity contribution in [2.75, 3.05) is 6.61 Å². The lowest BCUT2D eigenvalue weighted by Crippen LogP contribution is -2.10. The average Bonchev–Trinajstić information content (AvgIpc) is 2.95. The van der Waals surface area contributed by atoms with Crippen molar-refractivity contribution < 1.29 is 9.94 Å². The van der Waals surface area contributed by atoms with Crippen LogP contribution in [-0.4, -0.2) is 27.3 Å². The maximum Gasteiger partial charge on any atom is 0.128 e. The minimum absolute atomic E-state index is 0.515. The number of ether oxygens (including phenoxy) is 1. The second-order valence-corrected chi connectivity index (χ2v) is 4.01. The van der Waals surface area contributed by atoms with Crippen LogP contribution in [-0.2, 0) is 6.54 Å². The number of hydrogen-bond donors (Lipinski definition) is 1. The van der Waals surface area contributed by atoms with E-state index in [2.05, 4.69) is 10.3 Å². The van der Waals surface area contributed by atoms with Gasteiger partial charge in [-0.2, -0.15) is 5.10 Å². The van der Waals surface area contributed by atoms with Gasteiger partial charge in [0.1, 0.15) is 12.4 Å². The molecule has 0 bridgehead atoms. The van der Waals surface area contributed by atoms with Crippen molar-refractivity contribution in [2.45, 2.75) is 19.9 Å². The predicted molar refractivity (Wildman–Crippen MR) is 72.8 cm³/mol. The van der Waals surface area contributed by atoms with E-state index in [9.17, 15) is 0 Å². The molecule has 0 unspecified atom stereocenters. The molecule has 0 amide bonds. The van der Waals surface area contributed by atoms with Crippen LogP contribution in [0.3, 0.4) is 0 Å². The zero-order chi connectivity index (χ0) is 13.5. The van der Waals surface area contributed by atoms with Crippen LogP contribution >= 0.6 is 0 Å². The summed E-state index contributed by atoms with van der Waals surface area (Å²) in [5, 5.41) is 16.4.